The molecule has 0 radical (unpaired) electrons. The zero-order valence-corrected chi connectivity index (χ0v) is 12.2. The lowest BCUT2D eigenvalue weighted by Crippen LogP contribution is -2.42. The van der Waals surface area contributed by atoms with E-state index in [1.807, 2.05) is 12.1 Å². The molecule has 2 aliphatic rings. The first-order chi connectivity index (χ1) is 9.08. The molecule has 1 aromatic rings. The molecule has 0 spiro atoms. The van der Waals surface area contributed by atoms with E-state index in [1.54, 1.807) is 14.2 Å². The van der Waals surface area contributed by atoms with E-state index in [1.165, 1.54) is 24.8 Å². The Morgan fingerprint density at radius 1 is 1.16 bits per heavy atom. The average Bonchev–Trinajstić information content (AvgIpc) is 2.87. The van der Waals surface area contributed by atoms with Gasteiger partial charge in [0.25, 0.3) is 0 Å². The van der Waals surface area contributed by atoms with E-state index in [4.69, 9.17) is 14.2 Å². The van der Waals surface area contributed by atoms with Crippen molar-refractivity contribution < 1.29 is 14.2 Å². The van der Waals surface area contributed by atoms with Crippen molar-refractivity contribution in [2.24, 2.45) is 5.92 Å². The molecule has 3 heteroatoms. The second-order valence-corrected chi connectivity index (χ2v) is 6.06. The molecule has 1 aromatic carbocycles. The van der Waals surface area contributed by atoms with Gasteiger partial charge in [-0.1, -0.05) is 6.42 Å². The number of benzene rings is 1. The van der Waals surface area contributed by atoms with Gasteiger partial charge in [0, 0.05) is 11.5 Å². The lowest BCUT2D eigenvalue weighted by molar-refractivity contribution is 0.0190. The van der Waals surface area contributed by atoms with Crippen molar-refractivity contribution in [3.05, 3.63) is 17.7 Å². The fourth-order valence-electron chi connectivity index (χ4n) is 3.87. The highest BCUT2D eigenvalue weighted by Gasteiger charge is 2.47. The van der Waals surface area contributed by atoms with Crippen LogP contribution in [0.25, 0.3) is 0 Å². The number of methoxy groups -OCH3 is 2. The molecule has 1 fully saturated rings. The Morgan fingerprint density at radius 3 is 2.63 bits per heavy atom. The third kappa shape index (κ3) is 1.78. The van der Waals surface area contributed by atoms with Gasteiger partial charge in [0.05, 0.1) is 14.2 Å². The second-order valence-electron chi connectivity index (χ2n) is 6.06. The van der Waals surface area contributed by atoms with Crippen molar-refractivity contribution in [3.8, 4) is 17.2 Å². The zero-order valence-electron chi connectivity index (χ0n) is 12.2. The van der Waals surface area contributed by atoms with Crippen LogP contribution >= 0.6 is 0 Å². The highest BCUT2D eigenvalue weighted by atomic mass is 16.5. The lowest BCUT2D eigenvalue weighted by atomic mass is 9.76. The highest BCUT2D eigenvalue weighted by molar-refractivity contribution is 5.57. The Labute approximate surface area is 114 Å². The van der Waals surface area contributed by atoms with Gasteiger partial charge >= 0.3 is 0 Å². The predicted molar refractivity (Wildman–Crippen MR) is 74.3 cm³/mol. The number of ether oxygens (including phenoxy) is 3. The third-order valence-corrected chi connectivity index (χ3v) is 4.70. The van der Waals surface area contributed by atoms with E-state index < -0.39 is 0 Å². The van der Waals surface area contributed by atoms with E-state index in [0.29, 0.717) is 11.8 Å². The Morgan fingerprint density at radius 2 is 1.95 bits per heavy atom. The summed E-state index contributed by atoms with van der Waals surface area (Å²) >= 11 is 0. The molecule has 2 atom stereocenters. The molecule has 0 N–H and O–H groups in total. The third-order valence-electron chi connectivity index (χ3n) is 4.70. The average molecular weight is 262 g/mol. The van der Waals surface area contributed by atoms with Crippen LogP contribution in [-0.4, -0.2) is 19.8 Å². The molecular weight excluding hydrogens is 240 g/mol. The number of rotatable bonds is 2. The SMILES string of the molecule is COc1ccc2c(c1OC)[C@H]1CCC[C@@H]1C(C)(C)O2. The molecule has 0 aromatic heterocycles. The fraction of sp³-hybridized carbons (Fsp3) is 0.625. The van der Waals surface area contributed by atoms with Crippen LogP contribution in [0.5, 0.6) is 17.2 Å². The van der Waals surface area contributed by atoms with E-state index in [9.17, 15) is 0 Å². The van der Waals surface area contributed by atoms with Crippen molar-refractivity contribution in [2.75, 3.05) is 14.2 Å². The minimum absolute atomic E-state index is 0.0895. The maximum absolute atomic E-state index is 6.24. The molecule has 104 valence electrons. The van der Waals surface area contributed by atoms with E-state index >= 15 is 0 Å². The van der Waals surface area contributed by atoms with Crippen LogP contribution < -0.4 is 14.2 Å². The van der Waals surface area contributed by atoms with Gasteiger partial charge in [0.1, 0.15) is 11.4 Å². The quantitative estimate of drug-likeness (QED) is 0.812. The summed E-state index contributed by atoms with van der Waals surface area (Å²) in [6, 6.07) is 3.95. The van der Waals surface area contributed by atoms with Gasteiger partial charge in [-0.2, -0.15) is 0 Å². The van der Waals surface area contributed by atoms with Gasteiger partial charge in [-0.25, -0.2) is 0 Å². The Balaban J connectivity index is 2.17. The smallest absolute Gasteiger partial charge is 0.167 e. The van der Waals surface area contributed by atoms with Gasteiger partial charge in [-0.05, 0) is 44.7 Å². The highest BCUT2D eigenvalue weighted by Crippen LogP contribution is 2.57. The molecular formula is C16H22O3. The summed E-state index contributed by atoms with van der Waals surface area (Å²) < 4.78 is 17.3. The van der Waals surface area contributed by atoms with Gasteiger partial charge in [-0.15, -0.1) is 0 Å². The summed E-state index contributed by atoms with van der Waals surface area (Å²) in [7, 11) is 3.39. The topological polar surface area (TPSA) is 27.7 Å². The molecule has 0 unspecified atom stereocenters. The number of hydrogen-bond acceptors (Lipinski definition) is 3. The molecule has 3 nitrogen and oxygen atoms in total. The van der Waals surface area contributed by atoms with E-state index in [2.05, 4.69) is 13.8 Å². The normalized spacial score (nSPS) is 27.2. The first-order valence-corrected chi connectivity index (χ1v) is 7.02. The van der Waals surface area contributed by atoms with Crippen molar-refractivity contribution in [1.29, 1.82) is 0 Å². The van der Waals surface area contributed by atoms with Crippen molar-refractivity contribution in [1.82, 2.24) is 0 Å². The summed E-state index contributed by atoms with van der Waals surface area (Å²) in [4.78, 5) is 0. The maximum Gasteiger partial charge on any atom is 0.167 e. The Kier molecular flexibility index (Phi) is 2.88. The standard InChI is InChI=1S/C16H22O3/c1-16(2)11-7-5-6-10(11)14-12(19-16)8-9-13(17-3)15(14)18-4/h8-11H,5-7H2,1-4H3/t10-,11-/m0/s1. The molecule has 1 saturated carbocycles. The predicted octanol–water partition coefficient (Wildman–Crippen LogP) is 3.76. The van der Waals surface area contributed by atoms with Crippen LogP contribution in [0.15, 0.2) is 12.1 Å². The summed E-state index contributed by atoms with van der Waals surface area (Å²) in [6.07, 6.45) is 3.72. The van der Waals surface area contributed by atoms with Gasteiger partial charge in [0.2, 0.25) is 0 Å². The van der Waals surface area contributed by atoms with Crippen molar-refractivity contribution in [3.63, 3.8) is 0 Å². The fourth-order valence-corrected chi connectivity index (χ4v) is 3.87. The van der Waals surface area contributed by atoms with E-state index in [0.717, 1.165) is 17.2 Å². The Hall–Kier alpha value is -1.38. The van der Waals surface area contributed by atoms with Gasteiger partial charge in [0.15, 0.2) is 11.5 Å². The summed E-state index contributed by atoms with van der Waals surface area (Å²) in [5.41, 5.74) is 1.12. The Bertz CT molecular complexity index is 493. The molecule has 1 aliphatic heterocycles. The van der Waals surface area contributed by atoms with Gasteiger partial charge in [-0.3, -0.25) is 0 Å². The summed E-state index contributed by atoms with van der Waals surface area (Å²) in [5.74, 6) is 3.72. The first kappa shape index (κ1) is 12.6. The van der Waals surface area contributed by atoms with Crippen LogP contribution in [0.2, 0.25) is 0 Å². The molecule has 1 heterocycles. The second kappa shape index (κ2) is 4.32. The minimum Gasteiger partial charge on any atom is -0.493 e. The van der Waals surface area contributed by atoms with Crippen LogP contribution in [0, 0.1) is 5.92 Å². The lowest BCUT2D eigenvalue weighted by Gasteiger charge is -2.42. The molecule has 3 rings (SSSR count). The summed E-state index contributed by atoms with van der Waals surface area (Å²) in [6.45, 7) is 4.41. The number of hydrogen-bond donors (Lipinski definition) is 0. The van der Waals surface area contributed by atoms with Crippen LogP contribution in [-0.2, 0) is 0 Å². The molecule has 0 bridgehead atoms. The summed E-state index contributed by atoms with van der Waals surface area (Å²) in [5, 5.41) is 0. The van der Waals surface area contributed by atoms with E-state index in [-0.39, 0.29) is 5.60 Å². The zero-order chi connectivity index (χ0) is 13.6. The molecule has 19 heavy (non-hydrogen) atoms. The monoisotopic (exact) mass is 262 g/mol. The maximum atomic E-state index is 6.24. The van der Waals surface area contributed by atoms with Crippen molar-refractivity contribution in [2.45, 2.75) is 44.6 Å². The number of fused-ring (bicyclic) bond motifs is 3. The van der Waals surface area contributed by atoms with Gasteiger partial charge < -0.3 is 14.2 Å². The largest absolute Gasteiger partial charge is 0.493 e. The molecule has 0 amide bonds. The first-order valence-electron chi connectivity index (χ1n) is 7.02. The van der Waals surface area contributed by atoms with Crippen LogP contribution in [0.1, 0.15) is 44.6 Å². The van der Waals surface area contributed by atoms with Crippen LogP contribution in [0.3, 0.4) is 0 Å². The van der Waals surface area contributed by atoms with Crippen LogP contribution in [0.4, 0.5) is 0 Å². The minimum atomic E-state index is -0.0895. The van der Waals surface area contributed by atoms with Crippen molar-refractivity contribution >= 4 is 0 Å². The molecule has 1 aliphatic carbocycles. The molecule has 0 saturated heterocycles.